The Morgan fingerprint density at radius 2 is 2.40 bits per heavy atom. The monoisotopic (exact) mass is 266 g/mol. The number of hydrogen-bond acceptors (Lipinski definition) is 3. The van der Waals surface area contributed by atoms with E-state index in [1.165, 1.54) is 6.42 Å². The predicted molar refractivity (Wildman–Crippen MR) is 61.9 cm³/mol. The van der Waals surface area contributed by atoms with Crippen molar-refractivity contribution in [2.24, 2.45) is 5.92 Å². The summed E-state index contributed by atoms with van der Waals surface area (Å²) in [6.07, 6.45) is 6.83. The van der Waals surface area contributed by atoms with Crippen molar-refractivity contribution in [3.05, 3.63) is 23.2 Å². The number of nitrogens with zero attached hydrogens (tertiary/aromatic N) is 3. The summed E-state index contributed by atoms with van der Waals surface area (Å²) in [6.45, 7) is 2.23. The van der Waals surface area contributed by atoms with E-state index in [9.17, 15) is 0 Å². The molecule has 0 aromatic carbocycles. The van der Waals surface area contributed by atoms with Gasteiger partial charge in [-0.05, 0) is 28.3 Å². The van der Waals surface area contributed by atoms with Crippen LogP contribution in [0.15, 0.2) is 23.2 Å². The van der Waals surface area contributed by atoms with Crippen LogP contribution in [-0.2, 0) is 0 Å². The van der Waals surface area contributed by atoms with Gasteiger partial charge in [-0.15, -0.1) is 0 Å². The smallest absolute Gasteiger partial charge is 0.180 e. The normalized spacial score (nSPS) is 24.4. The zero-order valence-electron chi connectivity index (χ0n) is 8.31. The molecule has 2 unspecified atom stereocenters. The third-order valence-corrected chi connectivity index (χ3v) is 3.16. The van der Waals surface area contributed by atoms with Gasteiger partial charge < -0.3 is 9.72 Å². The van der Waals surface area contributed by atoms with E-state index in [-0.39, 0.29) is 0 Å². The number of rotatable bonds is 2. The second kappa shape index (κ2) is 3.20. The van der Waals surface area contributed by atoms with Crippen molar-refractivity contribution < 1.29 is 0 Å². The van der Waals surface area contributed by atoms with Gasteiger partial charge in [-0.1, -0.05) is 6.92 Å². The van der Waals surface area contributed by atoms with Gasteiger partial charge in [0, 0.05) is 24.6 Å². The van der Waals surface area contributed by atoms with Gasteiger partial charge in [0.2, 0.25) is 0 Å². The van der Waals surface area contributed by atoms with Crippen LogP contribution in [0, 0.1) is 5.92 Å². The zero-order chi connectivity index (χ0) is 10.4. The van der Waals surface area contributed by atoms with Gasteiger partial charge in [-0.3, -0.25) is 0 Å². The van der Waals surface area contributed by atoms with Crippen LogP contribution in [0.5, 0.6) is 0 Å². The molecule has 0 aliphatic heterocycles. The average molecular weight is 267 g/mol. The molecule has 2 aromatic rings. The van der Waals surface area contributed by atoms with Gasteiger partial charge in [-0.2, -0.15) is 0 Å². The van der Waals surface area contributed by atoms with Crippen LogP contribution >= 0.6 is 15.9 Å². The largest absolute Gasteiger partial charge is 0.364 e. The summed E-state index contributed by atoms with van der Waals surface area (Å²) in [7, 11) is 0. The Hall–Kier alpha value is -1.10. The fraction of sp³-hybridized carbons (Fsp3) is 0.400. The summed E-state index contributed by atoms with van der Waals surface area (Å²) in [4.78, 5) is 8.69. The highest BCUT2D eigenvalue weighted by Crippen LogP contribution is 2.33. The first-order valence-electron chi connectivity index (χ1n) is 5.00. The third kappa shape index (κ3) is 1.61. The van der Waals surface area contributed by atoms with E-state index in [0.717, 1.165) is 22.0 Å². The number of anilines is 1. The molecule has 2 aromatic heterocycles. The van der Waals surface area contributed by atoms with Crippen LogP contribution < -0.4 is 5.32 Å². The number of fused-ring (bicyclic) bond motifs is 1. The molecule has 0 saturated heterocycles. The standard InChI is InChI=1S/C10H11BrN4/c1-6-4-7(6)13-9-10-12-2-3-15(10)5-8(11)14-9/h2-3,5-7H,4H2,1H3,(H,13,14). The van der Waals surface area contributed by atoms with Crippen LogP contribution in [0.25, 0.3) is 5.65 Å². The van der Waals surface area contributed by atoms with E-state index >= 15 is 0 Å². The molecule has 15 heavy (non-hydrogen) atoms. The topological polar surface area (TPSA) is 42.2 Å². The molecule has 3 rings (SSSR count). The molecule has 1 fully saturated rings. The molecule has 1 aliphatic rings. The Kier molecular flexibility index (Phi) is 1.95. The summed E-state index contributed by atoms with van der Waals surface area (Å²) in [5.74, 6) is 1.62. The minimum absolute atomic E-state index is 0.562. The van der Waals surface area contributed by atoms with Crippen LogP contribution in [0.1, 0.15) is 13.3 Å². The molecular weight excluding hydrogens is 256 g/mol. The number of aromatic nitrogens is 3. The number of hydrogen-bond donors (Lipinski definition) is 1. The highest BCUT2D eigenvalue weighted by atomic mass is 79.9. The van der Waals surface area contributed by atoms with Gasteiger partial charge >= 0.3 is 0 Å². The second-order valence-corrected chi connectivity index (χ2v) is 4.85. The first-order chi connectivity index (χ1) is 7.24. The lowest BCUT2D eigenvalue weighted by Crippen LogP contribution is -2.07. The molecular formula is C10H11BrN4. The lowest BCUT2D eigenvalue weighted by atomic mass is 10.4. The molecule has 2 atom stereocenters. The van der Waals surface area contributed by atoms with Crippen molar-refractivity contribution in [1.29, 1.82) is 0 Å². The minimum Gasteiger partial charge on any atom is -0.364 e. The van der Waals surface area contributed by atoms with E-state index < -0.39 is 0 Å². The Bertz CT molecular complexity index is 507. The van der Waals surface area contributed by atoms with Crippen LogP contribution in [0.4, 0.5) is 5.82 Å². The predicted octanol–water partition coefficient (Wildman–Crippen LogP) is 2.31. The van der Waals surface area contributed by atoms with Crippen LogP contribution in [0.2, 0.25) is 0 Å². The number of imidazole rings is 1. The van der Waals surface area contributed by atoms with Crippen LogP contribution in [-0.4, -0.2) is 20.4 Å². The highest BCUT2D eigenvalue weighted by molar-refractivity contribution is 9.10. The average Bonchev–Trinajstić information content (AvgIpc) is 2.71. The molecule has 2 heterocycles. The molecule has 0 radical (unpaired) electrons. The van der Waals surface area contributed by atoms with E-state index in [0.29, 0.717) is 6.04 Å². The zero-order valence-corrected chi connectivity index (χ0v) is 9.90. The highest BCUT2D eigenvalue weighted by Gasteiger charge is 2.33. The van der Waals surface area contributed by atoms with Gasteiger partial charge in [0.05, 0.1) is 0 Å². The van der Waals surface area contributed by atoms with E-state index in [2.05, 4.69) is 38.1 Å². The molecule has 1 aliphatic carbocycles. The third-order valence-electron chi connectivity index (χ3n) is 2.78. The maximum atomic E-state index is 4.41. The maximum Gasteiger partial charge on any atom is 0.180 e. The molecule has 0 spiro atoms. The summed E-state index contributed by atoms with van der Waals surface area (Å²) >= 11 is 3.39. The van der Waals surface area contributed by atoms with E-state index in [4.69, 9.17) is 0 Å². The van der Waals surface area contributed by atoms with Gasteiger partial charge in [0.25, 0.3) is 0 Å². The van der Waals surface area contributed by atoms with Crippen molar-refractivity contribution in [3.63, 3.8) is 0 Å². The molecule has 1 N–H and O–H groups in total. The molecule has 0 bridgehead atoms. The quantitative estimate of drug-likeness (QED) is 0.907. The Balaban J connectivity index is 2.03. The van der Waals surface area contributed by atoms with Crippen LogP contribution in [0.3, 0.4) is 0 Å². The first kappa shape index (κ1) is 9.15. The van der Waals surface area contributed by atoms with Crippen molar-refractivity contribution in [3.8, 4) is 0 Å². The number of nitrogens with one attached hydrogen (secondary N) is 1. The second-order valence-electron chi connectivity index (χ2n) is 4.03. The summed E-state index contributed by atoms with van der Waals surface area (Å²) < 4.78 is 2.79. The molecule has 4 nitrogen and oxygen atoms in total. The molecule has 78 valence electrons. The van der Waals surface area contributed by atoms with Crippen molar-refractivity contribution in [2.45, 2.75) is 19.4 Å². The SMILES string of the molecule is CC1CC1Nc1nc(Br)cn2ccnc12. The number of halogens is 1. The molecule has 1 saturated carbocycles. The van der Waals surface area contributed by atoms with Crippen molar-refractivity contribution >= 4 is 27.4 Å². The minimum atomic E-state index is 0.562. The first-order valence-corrected chi connectivity index (χ1v) is 5.79. The van der Waals surface area contributed by atoms with E-state index in [1.54, 1.807) is 6.20 Å². The summed E-state index contributed by atoms with van der Waals surface area (Å²) in [5, 5.41) is 3.41. The van der Waals surface area contributed by atoms with Gasteiger partial charge in [0.1, 0.15) is 4.60 Å². The maximum absolute atomic E-state index is 4.41. The molecule has 0 amide bonds. The lowest BCUT2D eigenvalue weighted by molar-refractivity contribution is 0.920. The fourth-order valence-corrected chi connectivity index (χ4v) is 2.09. The Morgan fingerprint density at radius 3 is 3.13 bits per heavy atom. The van der Waals surface area contributed by atoms with Gasteiger partial charge in [0.15, 0.2) is 11.5 Å². The lowest BCUT2D eigenvalue weighted by Gasteiger charge is -2.06. The summed E-state index contributed by atoms with van der Waals surface area (Å²) in [6, 6.07) is 0.562. The summed E-state index contributed by atoms with van der Waals surface area (Å²) in [5.41, 5.74) is 0.886. The van der Waals surface area contributed by atoms with E-state index in [1.807, 2.05) is 16.8 Å². The molecule has 5 heteroatoms. The van der Waals surface area contributed by atoms with Crippen molar-refractivity contribution in [1.82, 2.24) is 14.4 Å². The Labute approximate surface area is 95.9 Å². The van der Waals surface area contributed by atoms with Crippen molar-refractivity contribution in [2.75, 3.05) is 5.32 Å². The van der Waals surface area contributed by atoms with Gasteiger partial charge in [-0.25, -0.2) is 9.97 Å². The fourth-order valence-electron chi connectivity index (χ4n) is 1.70. The Morgan fingerprint density at radius 1 is 1.60 bits per heavy atom.